The molecule has 1 heterocycles. The molecular weight excluding hydrogens is 183 g/mol. The van der Waals surface area contributed by atoms with E-state index in [1.807, 2.05) is 0 Å². The van der Waals surface area contributed by atoms with E-state index in [1.54, 1.807) is 13.0 Å². The minimum Gasteiger partial charge on any atom is -0.191 e. The minimum absolute atomic E-state index is 0.148. The zero-order chi connectivity index (χ0) is 10.1. The van der Waals surface area contributed by atoms with Crippen molar-refractivity contribution < 1.29 is 13.2 Å². The third kappa shape index (κ3) is 1.80. The monoisotopic (exact) mass is 189 g/mol. The molecule has 0 amide bonds. The number of nitriles is 1. The Hall–Kier alpha value is -1.51. The molecule has 6 heteroatoms. The normalized spacial score (nSPS) is 11.3. The molecule has 0 saturated carbocycles. The van der Waals surface area contributed by atoms with Crippen LogP contribution in [0.4, 0.5) is 13.2 Å². The summed E-state index contributed by atoms with van der Waals surface area (Å²) in [5.41, 5.74) is 0.139. The molecule has 1 aromatic heterocycles. The van der Waals surface area contributed by atoms with Crippen molar-refractivity contribution in [2.45, 2.75) is 19.6 Å². The number of rotatable bonds is 1. The molecular formula is C7H6F3N3. The van der Waals surface area contributed by atoms with Crippen molar-refractivity contribution in [1.29, 1.82) is 5.26 Å². The predicted octanol–water partition coefficient (Wildman–Crippen LogP) is 1.79. The van der Waals surface area contributed by atoms with Gasteiger partial charge in [0, 0.05) is 11.8 Å². The Bertz CT molecular complexity index is 345. The summed E-state index contributed by atoms with van der Waals surface area (Å²) in [5.74, 6) is 0. The summed E-state index contributed by atoms with van der Waals surface area (Å²) >= 11 is 0. The van der Waals surface area contributed by atoms with Crippen molar-refractivity contribution in [1.82, 2.24) is 9.78 Å². The lowest BCUT2D eigenvalue weighted by molar-refractivity contribution is -0.212. The molecule has 0 spiro atoms. The second kappa shape index (κ2) is 3.09. The van der Waals surface area contributed by atoms with Crippen LogP contribution in [0.25, 0.3) is 0 Å². The van der Waals surface area contributed by atoms with Gasteiger partial charge in [0.2, 0.25) is 0 Å². The lowest BCUT2D eigenvalue weighted by Gasteiger charge is -2.03. The highest BCUT2D eigenvalue weighted by atomic mass is 19.4. The Morgan fingerprint density at radius 1 is 1.62 bits per heavy atom. The second-order valence-corrected chi connectivity index (χ2v) is 2.38. The van der Waals surface area contributed by atoms with Crippen LogP contribution in [-0.2, 0) is 12.7 Å². The summed E-state index contributed by atoms with van der Waals surface area (Å²) in [5, 5.41) is 11.5. The second-order valence-electron chi connectivity index (χ2n) is 2.38. The van der Waals surface area contributed by atoms with Gasteiger partial charge in [0.15, 0.2) is 5.69 Å². The first-order valence-electron chi connectivity index (χ1n) is 3.55. The van der Waals surface area contributed by atoms with Gasteiger partial charge in [0.05, 0.1) is 0 Å². The first-order chi connectivity index (χ1) is 5.99. The summed E-state index contributed by atoms with van der Waals surface area (Å²) in [6.07, 6.45) is -3.35. The van der Waals surface area contributed by atoms with Gasteiger partial charge in [0.1, 0.15) is 6.07 Å². The van der Waals surface area contributed by atoms with Crippen LogP contribution in [0.3, 0.4) is 0 Å². The van der Waals surface area contributed by atoms with Crippen LogP contribution >= 0.6 is 0 Å². The summed E-state index contributed by atoms with van der Waals surface area (Å²) in [7, 11) is 0. The summed E-state index contributed by atoms with van der Waals surface area (Å²) in [6, 6.07) is 1.61. The predicted molar refractivity (Wildman–Crippen MR) is 37.6 cm³/mol. The molecule has 0 saturated heterocycles. The number of nitrogens with zero attached hydrogens (tertiary/aromatic N) is 3. The number of aromatic nitrogens is 2. The van der Waals surface area contributed by atoms with Crippen molar-refractivity contribution in [3.05, 3.63) is 17.5 Å². The molecule has 0 unspecified atom stereocenters. The van der Waals surface area contributed by atoms with E-state index in [-0.39, 0.29) is 10.4 Å². The standard InChI is InChI=1S/C7H6F3N3/c1-2-5-4-13(7(8,9)10)12-6(5)3-11/h4H,2H2,1H3. The van der Waals surface area contributed by atoms with Gasteiger partial charge in [-0.25, -0.2) is 0 Å². The van der Waals surface area contributed by atoms with Gasteiger partial charge >= 0.3 is 6.30 Å². The Morgan fingerprint density at radius 3 is 2.54 bits per heavy atom. The first-order valence-corrected chi connectivity index (χ1v) is 3.55. The topological polar surface area (TPSA) is 41.6 Å². The molecule has 0 aliphatic rings. The maximum absolute atomic E-state index is 12.0. The molecule has 70 valence electrons. The maximum atomic E-state index is 12.0. The minimum atomic E-state index is -4.54. The zero-order valence-electron chi connectivity index (χ0n) is 6.76. The van der Waals surface area contributed by atoms with Gasteiger partial charge in [-0.05, 0) is 6.42 Å². The van der Waals surface area contributed by atoms with Gasteiger partial charge in [-0.15, -0.1) is 13.2 Å². The highest BCUT2D eigenvalue weighted by molar-refractivity contribution is 5.28. The van der Waals surface area contributed by atoms with Crippen molar-refractivity contribution >= 4 is 0 Å². The van der Waals surface area contributed by atoms with Crippen molar-refractivity contribution in [3.63, 3.8) is 0 Å². The molecule has 0 bridgehead atoms. The summed E-state index contributed by atoms with van der Waals surface area (Å²) in [6.45, 7) is 1.67. The molecule has 0 aliphatic heterocycles. The molecule has 0 atom stereocenters. The Morgan fingerprint density at radius 2 is 2.23 bits per heavy atom. The number of hydrogen-bond donors (Lipinski definition) is 0. The average molecular weight is 189 g/mol. The molecule has 0 aliphatic carbocycles. The van der Waals surface area contributed by atoms with E-state index < -0.39 is 6.30 Å². The Labute approximate surface area is 72.4 Å². The van der Waals surface area contributed by atoms with Crippen LogP contribution in [0.2, 0.25) is 0 Å². The third-order valence-corrected chi connectivity index (χ3v) is 1.54. The molecule has 0 radical (unpaired) electrons. The largest absolute Gasteiger partial charge is 0.504 e. The van der Waals surface area contributed by atoms with Gasteiger partial charge < -0.3 is 0 Å². The van der Waals surface area contributed by atoms with Crippen LogP contribution in [0.5, 0.6) is 0 Å². The fraction of sp³-hybridized carbons (Fsp3) is 0.429. The van der Waals surface area contributed by atoms with E-state index in [1.165, 1.54) is 0 Å². The van der Waals surface area contributed by atoms with Gasteiger partial charge in [-0.1, -0.05) is 6.92 Å². The lowest BCUT2D eigenvalue weighted by Crippen LogP contribution is -2.17. The number of aryl methyl sites for hydroxylation is 1. The van der Waals surface area contributed by atoms with Gasteiger partial charge in [-0.3, -0.25) is 0 Å². The third-order valence-electron chi connectivity index (χ3n) is 1.54. The fourth-order valence-corrected chi connectivity index (χ4v) is 0.892. The smallest absolute Gasteiger partial charge is 0.191 e. The molecule has 0 aromatic carbocycles. The van der Waals surface area contributed by atoms with Crippen LogP contribution in [-0.4, -0.2) is 9.78 Å². The number of alkyl halides is 3. The summed E-state index contributed by atoms with van der Waals surface area (Å²) in [4.78, 5) is 0. The average Bonchev–Trinajstić information content (AvgIpc) is 2.45. The maximum Gasteiger partial charge on any atom is 0.504 e. The first kappa shape index (κ1) is 9.58. The molecule has 3 nitrogen and oxygen atoms in total. The van der Waals surface area contributed by atoms with E-state index in [4.69, 9.17) is 5.26 Å². The Kier molecular flexibility index (Phi) is 2.28. The zero-order valence-corrected chi connectivity index (χ0v) is 6.76. The van der Waals surface area contributed by atoms with E-state index in [0.717, 1.165) is 6.20 Å². The highest BCUT2D eigenvalue weighted by Crippen LogP contribution is 2.22. The fourth-order valence-electron chi connectivity index (χ4n) is 0.892. The molecule has 13 heavy (non-hydrogen) atoms. The summed E-state index contributed by atoms with van der Waals surface area (Å²) < 4.78 is 36.0. The quantitative estimate of drug-likeness (QED) is 0.675. The van der Waals surface area contributed by atoms with Crippen LogP contribution in [0.1, 0.15) is 18.2 Å². The molecule has 1 aromatic rings. The van der Waals surface area contributed by atoms with E-state index >= 15 is 0 Å². The van der Waals surface area contributed by atoms with Crippen molar-refractivity contribution in [2.75, 3.05) is 0 Å². The molecule has 0 N–H and O–H groups in total. The van der Waals surface area contributed by atoms with Crippen LogP contribution in [0, 0.1) is 11.3 Å². The van der Waals surface area contributed by atoms with E-state index in [0.29, 0.717) is 12.0 Å². The lowest BCUT2D eigenvalue weighted by atomic mass is 10.2. The van der Waals surface area contributed by atoms with E-state index in [2.05, 4.69) is 5.10 Å². The van der Waals surface area contributed by atoms with Gasteiger partial charge in [0.25, 0.3) is 0 Å². The molecule has 1 rings (SSSR count). The number of halogens is 3. The van der Waals surface area contributed by atoms with E-state index in [9.17, 15) is 13.2 Å². The highest BCUT2D eigenvalue weighted by Gasteiger charge is 2.32. The van der Waals surface area contributed by atoms with Crippen LogP contribution in [0.15, 0.2) is 6.20 Å². The SMILES string of the molecule is CCc1cn(C(F)(F)F)nc1C#N. The molecule has 0 fully saturated rings. The van der Waals surface area contributed by atoms with Crippen molar-refractivity contribution in [2.24, 2.45) is 0 Å². The van der Waals surface area contributed by atoms with Crippen molar-refractivity contribution in [3.8, 4) is 6.07 Å². The van der Waals surface area contributed by atoms with Gasteiger partial charge in [-0.2, -0.15) is 15.0 Å². The number of hydrogen-bond acceptors (Lipinski definition) is 2. The van der Waals surface area contributed by atoms with Crippen LogP contribution < -0.4 is 0 Å². The Balaban J connectivity index is 3.16.